The van der Waals surface area contributed by atoms with Gasteiger partial charge in [-0.25, -0.2) is 11.6 Å². The van der Waals surface area contributed by atoms with Gasteiger partial charge in [-0.05, 0) is 0 Å². The molecule has 0 spiro atoms. The van der Waals surface area contributed by atoms with Gasteiger partial charge in [0.1, 0.15) is 0 Å². The monoisotopic (exact) mass is 627 g/mol. The molecule has 0 amide bonds. The first kappa shape index (κ1) is 32.6. The molecule has 0 fully saturated rings. The minimum absolute atomic E-state index is 0. The van der Waals surface area contributed by atoms with E-state index < -0.39 is 0 Å². The SMILES string of the molecule is CC1=C(C)C[C-]=C1.CN(C)c1ccc2c(c1)[cH-]c1ccccc12.[Cl-].[Cl-].[Zr+2]=[C](c1ccccc1)c1ccccc1. The molecule has 0 heterocycles. The zero-order chi connectivity index (χ0) is 26.2. The van der Waals surface area contributed by atoms with Crippen molar-refractivity contribution in [3.63, 3.8) is 0 Å². The van der Waals surface area contributed by atoms with Crippen LogP contribution in [0.25, 0.3) is 21.5 Å². The van der Waals surface area contributed by atoms with Gasteiger partial charge in [0.15, 0.2) is 0 Å². The van der Waals surface area contributed by atoms with E-state index in [-0.39, 0.29) is 24.8 Å². The third-order valence-corrected chi connectivity index (χ3v) is 8.02. The molecule has 4 heteroatoms. The van der Waals surface area contributed by atoms with Crippen molar-refractivity contribution in [1.29, 1.82) is 0 Å². The first-order chi connectivity index (χ1) is 17.9. The van der Waals surface area contributed by atoms with Crippen LogP contribution in [0.15, 0.2) is 126 Å². The van der Waals surface area contributed by atoms with Gasteiger partial charge in [0.2, 0.25) is 0 Å². The molecule has 0 unspecified atom stereocenters. The second-order valence-corrected chi connectivity index (χ2v) is 10.7. The molecular weight excluding hydrogens is 597 g/mol. The van der Waals surface area contributed by atoms with E-state index >= 15 is 0 Å². The maximum atomic E-state index is 3.12. The van der Waals surface area contributed by atoms with Crippen LogP contribution >= 0.6 is 0 Å². The molecule has 0 saturated heterocycles. The molecule has 0 atom stereocenters. The fourth-order valence-corrected chi connectivity index (χ4v) is 5.04. The van der Waals surface area contributed by atoms with E-state index in [1.165, 1.54) is 76.9 Å². The van der Waals surface area contributed by atoms with E-state index in [2.05, 4.69) is 154 Å². The summed E-state index contributed by atoms with van der Waals surface area (Å²) in [7, 11) is 4.15. The molecular formula is C35H33Cl2NZr-2. The Bertz CT molecular complexity index is 1510. The topological polar surface area (TPSA) is 3.24 Å². The molecule has 5 aromatic carbocycles. The molecule has 5 aromatic rings. The van der Waals surface area contributed by atoms with Gasteiger partial charge in [-0.1, -0.05) is 43.3 Å². The molecule has 0 bridgehead atoms. The minimum atomic E-state index is 0. The summed E-state index contributed by atoms with van der Waals surface area (Å²) in [6.45, 7) is 4.27. The van der Waals surface area contributed by atoms with Crippen molar-refractivity contribution in [2.24, 2.45) is 0 Å². The quantitative estimate of drug-likeness (QED) is 0.278. The van der Waals surface area contributed by atoms with Crippen LogP contribution in [0.3, 0.4) is 0 Å². The van der Waals surface area contributed by atoms with Crippen molar-refractivity contribution >= 4 is 30.4 Å². The number of anilines is 1. The van der Waals surface area contributed by atoms with E-state index in [0.717, 1.165) is 6.42 Å². The second-order valence-electron chi connectivity index (χ2n) is 9.49. The molecule has 198 valence electrons. The van der Waals surface area contributed by atoms with Gasteiger partial charge < -0.3 is 29.7 Å². The van der Waals surface area contributed by atoms with Gasteiger partial charge in [0.25, 0.3) is 0 Å². The van der Waals surface area contributed by atoms with Crippen LogP contribution in [-0.4, -0.2) is 17.3 Å². The summed E-state index contributed by atoms with van der Waals surface area (Å²) < 4.78 is 1.42. The van der Waals surface area contributed by atoms with Gasteiger partial charge in [-0.3, -0.25) is 6.08 Å². The van der Waals surface area contributed by atoms with Gasteiger partial charge >= 0.3 is 99.2 Å². The van der Waals surface area contributed by atoms with Gasteiger partial charge in [0.05, 0.1) is 0 Å². The first-order valence-electron chi connectivity index (χ1n) is 12.6. The average Bonchev–Trinajstić information content (AvgIpc) is 3.51. The second kappa shape index (κ2) is 15.8. The molecule has 1 aliphatic rings. The van der Waals surface area contributed by atoms with Gasteiger partial charge in [-0.15, -0.1) is 47.0 Å². The summed E-state index contributed by atoms with van der Waals surface area (Å²) in [5, 5.41) is 5.35. The van der Waals surface area contributed by atoms with Crippen molar-refractivity contribution in [2.45, 2.75) is 20.3 Å². The third-order valence-electron chi connectivity index (χ3n) is 6.60. The molecule has 0 N–H and O–H groups in total. The van der Waals surface area contributed by atoms with Crippen molar-refractivity contribution in [3.05, 3.63) is 144 Å². The predicted molar refractivity (Wildman–Crippen MR) is 158 cm³/mol. The van der Waals surface area contributed by atoms with Crippen LogP contribution in [0.4, 0.5) is 5.69 Å². The molecule has 1 nitrogen and oxygen atoms in total. The summed E-state index contributed by atoms with van der Waals surface area (Å²) in [5.74, 6) is 0. The van der Waals surface area contributed by atoms with Gasteiger partial charge in [0, 0.05) is 19.8 Å². The fraction of sp³-hybridized carbons (Fsp3) is 0.143. The number of halogens is 2. The number of rotatable bonds is 3. The van der Waals surface area contributed by atoms with Crippen molar-refractivity contribution in [1.82, 2.24) is 0 Å². The van der Waals surface area contributed by atoms with Crippen LogP contribution in [0.5, 0.6) is 0 Å². The zero-order valence-electron chi connectivity index (χ0n) is 22.9. The Kier molecular flexibility index (Phi) is 13.2. The predicted octanol–water partition coefficient (Wildman–Crippen LogP) is 2.67. The Balaban J connectivity index is 0.000000214. The third kappa shape index (κ3) is 8.67. The van der Waals surface area contributed by atoms with Crippen molar-refractivity contribution in [2.75, 3.05) is 19.0 Å². The van der Waals surface area contributed by atoms with Crippen LogP contribution < -0.4 is 29.7 Å². The van der Waals surface area contributed by atoms with Gasteiger partial charge in [-0.2, -0.15) is 5.57 Å². The molecule has 0 aromatic heterocycles. The Morgan fingerprint density at radius 3 is 1.74 bits per heavy atom. The molecule has 0 saturated carbocycles. The van der Waals surface area contributed by atoms with Crippen molar-refractivity contribution < 1.29 is 49.0 Å². The summed E-state index contributed by atoms with van der Waals surface area (Å²) in [5.41, 5.74) is 6.76. The molecule has 6 rings (SSSR count). The number of fused-ring (bicyclic) bond motifs is 3. The normalized spacial score (nSPS) is 11.5. The average molecular weight is 630 g/mol. The molecule has 0 radical (unpaired) electrons. The van der Waals surface area contributed by atoms with E-state index in [1.54, 1.807) is 0 Å². The standard InChI is InChI=1S/C15H14N.C13H10.C7H9.2ClH.Zr/c1-16(2)13-7-8-15-12(10-13)9-11-5-3-4-6-14(11)15;1-3-7-12(8-4-1)11-13-9-5-2-6-10-13;1-6-4-3-5-7(6)2;;;/h3-10H,1-2H3;1-10H;4H,5H2,1-2H3;2*1H;/q-1;;-1;;;+2/p-2. The number of nitrogens with zero attached hydrogens (tertiary/aromatic N) is 1. The Morgan fingerprint density at radius 1 is 0.718 bits per heavy atom. The first-order valence-corrected chi connectivity index (χ1v) is 13.8. The Hall–Kier alpha value is -2.64. The zero-order valence-corrected chi connectivity index (χ0v) is 26.8. The van der Waals surface area contributed by atoms with E-state index in [4.69, 9.17) is 0 Å². The van der Waals surface area contributed by atoms with Crippen molar-refractivity contribution in [3.8, 4) is 0 Å². The molecule has 1 aliphatic carbocycles. The van der Waals surface area contributed by atoms with Crippen LogP contribution in [-0.2, 0) is 24.2 Å². The fourth-order valence-electron chi connectivity index (χ4n) is 4.22. The number of hydrogen-bond donors (Lipinski definition) is 0. The van der Waals surface area contributed by atoms with E-state index in [1.807, 2.05) is 0 Å². The number of allylic oxidation sites excluding steroid dienone is 4. The van der Waals surface area contributed by atoms with Crippen LogP contribution in [0.1, 0.15) is 31.4 Å². The summed E-state index contributed by atoms with van der Waals surface area (Å²) >= 11 is 1.46. The molecule has 39 heavy (non-hydrogen) atoms. The maximum absolute atomic E-state index is 3.12. The van der Waals surface area contributed by atoms with E-state index in [9.17, 15) is 0 Å². The van der Waals surface area contributed by atoms with E-state index in [0.29, 0.717) is 0 Å². The molecule has 0 aliphatic heterocycles. The van der Waals surface area contributed by atoms with Crippen LogP contribution in [0.2, 0.25) is 0 Å². The van der Waals surface area contributed by atoms with Crippen LogP contribution in [0, 0.1) is 6.08 Å². The number of benzene rings is 4. The summed E-state index contributed by atoms with van der Waals surface area (Å²) in [4.78, 5) is 2.14. The summed E-state index contributed by atoms with van der Waals surface area (Å²) in [6, 6.07) is 38.6. The Labute approximate surface area is 260 Å². The number of hydrogen-bond acceptors (Lipinski definition) is 1. The summed E-state index contributed by atoms with van der Waals surface area (Å²) in [6.07, 6.45) is 6.22. The Morgan fingerprint density at radius 2 is 1.26 bits per heavy atom.